The van der Waals surface area contributed by atoms with Gasteiger partial charge in [-0.2, -0.15) is 0 Å². The van der Waals surface area contributed by atoms with Crippen LogP contribution in [0.3, 0.4) is 0 Å². The summed E-state index contributed by atoms with van der Waals surface area (Å²) in [5.41, 5.74) is 18.8. The second-order valence-corrected chi connectivity index (χ2v) is 15.5. The summed E-state index contributed by atoms with van der Waals surface area (Å²) in [6, 6.07) is 74.4. The monoisotopic (exact) mass is 712 g/mol. The van der Waals surface area contributed by atoms with Crippen LogP contribution in [0.4, 0.5) is 0 Å². The number of benzene rings is 9. The van der Waals surface area contributed by atoms with Crippen LogP contribution in [0, 0.1) is 0 Å². The highest BCUT2D eigenvalue weighted by Crippen LogP contribution is 2.64. The van der Waals surface area contributed by atoms with Crippen LogP contribution in [0.1, 0.15) is 44.9 Å². The first-order valence-corrected chi connectivity index (χ1v) is 19.7. The molecule has 0 N–H and O–H groups in total. The molecule has 262 valence electrons. The lowest BCUT2D eigenvalue weighted by atomic mass is 9.69. The first-order chi connectivity index (χ1) is 27.8. The fourth-order valence-electron chi connectivity index (χ4n) is 10.3. The summed E-state index contributed by atoms with van der Waals surface area (Å²) in [6.45, 7) is 0. The molecule has 0 saturated heterocycles. The van der Waals surface area contributed by atoms with Crippen LogP contribution < -0.4 is 0 Å². The van der Waals surface area contributed by atoms with Crippen LogP contribution in [0.5, 0.6) is 0 Å². The molecule has 0 fully saturated rings. The average molecular weight is 713 g/mol. The number of hydrogen-bond acceptors (Lipinski definition) is 1. The average Bonchev–Trinajstić information content (AvgIpc) is 3.89. The van der Waals surface area contributed by atoms with Crippen LogP contribution >= 0.6 is 0 Å². The molecule has 56 heavy (non-hydrogen) atoms. The fraction of sp³-hybridized carbons (Fsp3) is 0.0545. The Hall–Kier alpha value is -6.96. The van der Waals surface area contributed by atoms with Crippen LogP contribution in [0.2, 0.25) is 0 Å². The molecule has 2 aliphatic carbocycles. The third-order valence-corrected chi connectivity index (χ3v) is 12.7. The van der Waals surface area contributed by atoms with Crippen LogP contribution in [0.25, 0.3) is 66.1 Å². The maximum absolute atomic E-state index is 6.13. The van der Waals surface area contributed by atoms with E-state index >= 15 is 0 Å². The Labute approximate surface area is 326 Å². The fourth-order valence-corrected chi connectivity index (χ4v) is 10.3. The van der Waals surface area contributed by atoms with Crippen LogP contribution in [-0.2, 0) is 11.8 Å². The minimum absolute atomic E-state index is 0.187. The van der Waals surface area contributed by atoms with E-state index < -0.39 is 5.41 Å². The summed E-state index contributed by atoms with van der Waals surface area (Å²) < 4.78 is 6.13. The van der Waals surface area contributed by atoms with E-state index in [0.29, 0.717) is 0 Å². The van der Waals surface area contributed by atoms with Gasteiger partial charge in [0.15, 0.2) is 0 Å². The summed E-state index contributed by atoms with van der Waals surface area (Å²) in [7, 11) is 0. The van der Waals surface area contributed by atoms with Crippen molar-refractivity contribution in [2.75, 3.05) is 0 Å². The van der Waals surface area contributed by atoms with Gasteiger partial charge in [-0.1, -0.05) is 182 Å². The molecule has 0 bridgehead atoms. The van der Waals surface area contributed by atoms with Crippen molar-refractivity contribution in [3.05, 3.63) is 239 Å². The highest BCUT2D eigenvalue weighted by Gasteiger charge is 2.52. The van der Waals surface area contributed by atoms with Crippen molar-refractivity contribution in [1.82, 2.24) is 0 Å². The highest BCUT2D eigenvalue weighted by molar-refractivity contribution is 6.06. The lowest BCUT2D eigenvalue weighted by Gasteiger charge is -2.32. The van der Waals surface area contributed by atoms with Gasteiger partial charge >= 0.3 is 0 Å². The van der Waals surface area contributed by atoms with E-state index in [1.807, 2.05) is 12.1 Å². The smallest absolute Gasteiger partial charge is 0.135 e. The minimum Gasteiger partial charge on any atom is -0.456 e. The Morgan fingerprint density at radius 2 is 1.00 bits per heavy atom. The molecule has 1 aromatic heterocycles. The molecule has 10 aromatic rings. The molecule has 0 aliphatic heterocycles. The topological polar surface area (TPSA) is 13.1 Å². The number of rotatable bonds is 5. The SMILES string of the molecule is c1ccc(C(Cc2ccc3c(c2)C2(c4ccccc4-c4ccccc42)c2c-3ccc3ccccc23)c2ccc(-c3ccc4oc5ccccc5c4c3)cc2)cc1. The summed E-state index contributed by atoms with van der Waals surface area (Å²) in [5, 5.41) is 4.92. The molecule has 1 spiro atoms. The standard InChI is InChI=1S/C55H36O/c1-2-12-37(13-3-1)47(39-25-23-36(24-26-39)40-28-31-53-48(34-40)45-18-8-11-21-52(45)56-53)32-35-22-29-44-46-30-27-38-14-4-5-15-41(38)54(46)55(51(44)33-35)49-19-9-6-16-42(49)43-17-7-10-20-50(43)55/h1-31,33-34,47H,32H2. The third-order valence-electron chi connectivity index (χ3n) is 12.7. The lowest BCUT2D eigenvalue weighted by molar-refractivity contribution is 0.669. The van der Waals surface area contributed by atoms with Gasteiger partial charge < -0.3 is 4.42 Å². The van der Waals surface area contributed by atoms with E-state index in [-0.39, 0.29) is 5.92 Å². The first kappa shape index (κ1) is 31.4. The summed E-state index contributed by atoms with van der Waals surface area (Å²) >= 11 is 0. The molecule has 0 saturated carbocycles. The third kappa shape index (κ3) is 4.43. The number of furan rings is 1. The molecule has 1 unspecified atom stereocenters. The predicted octanol–water partition coefficient (Wildman–Crippen LogP) is 14.1. The van der Waals surface area contributed by atoms with E-state index in [1.165, 1.54) is 83.1 Å². The lowest BCUT2D eigenvalue weighted by Crippen LogP contribution is -2.26. The predicted molar refractivity (Wildman–Crippen MR) is 231 cm³/mol. The van der Waals surface area contributed by atoms with Gasteiger partial charge in [-0.05, 0) is 108 Å². The Morgan fingerprint density at radius 3 is 1.80 bits per heavy atom. The molecule has 1 heteroatoms. The number of hydrogen-bond donors (Lipinski definition) is 0. The molecule has 0 amide bonds. The minimum atomic E-state index is -0.403. The largest absolute Gasteiger partial charge is 0.456 e. The van der Waals surface area contributed by atoms with E-state index in [2.05, 4.69) is 188 Å². The van der Waals surface area contributed by atoms with E-state index in [4.69, 9.17) is 4.42 Å². The van der Waals surface area contributed by atoms with Crippen molar-refractivity contribution in [3.63, 3.8) is 0 Å². The van der Waals surface area contributed by atoms with Gasteiger partial charge in [-0.15, -0.1) is 0 Å². The molecular formula is C55H36O. The van der Waals surface area contributed by atoms with Crippen molar-refractivity contribution in [1.29, 1.82) is 0 Å². The molecule has 12 rings (SSSR count). The first-order valence-electron chi connectivity index (χ1n) is 19.7. The number of para-hydroxylation sites is 1. The molecule has 9 aromatic carbocycles. The quantitative estimate of drug-likeness (QED) is 0.173. The molecule has 1 heterocycles. The van der Waals surface area contributed by atoms with Gasteiger partial charge in [0.1, 0.15) is 11.2 Å². The Balaban J connectivity index is 0.996. The Kier molecular flexibility index (Phi) is 6.74. The Bertz CT molecular complexity index is 3120. The summed E-state index contributed by atoms with van der Waals surface area (Å²) in [5.74, 6) is 0.187. The normalized spacial score (nSPS) is 13.9. The van der Waals surface area contributed by atoms with E-state index in [0.717, 1.165) is 28.4 Å². The zero-order valence-electron chi connectivity index (χ0n) is 30.7. The van der Waals surface area contributed by atoms with Crippen LogP contribution in [-0.4, -0.2) is 0 Å². The molecule has 1 atom stereocenters. The van der Waals surface area contributed by atoms with Crippen molar-refractivity contribution in [2.45, 2.75) is 17.8 Å². The molecule has 0 radical (unpaired) electrons. The van der Waals surface area contributed by atoms with Crippen LogP contribution in [0.15, 0.2) is 205 Å². The van der Waals surface area contributed by atoms with Gasteiger partial charge in [0.05, 0.1) is 5.41 Å². The molecular weight excluding hydrogens is 677 g/mol. The maximum Gasteiger partial charge on any atom is 0.135 e. The molecule has 2 aliphatic rings. The second kappa shape index (κ2) is 12.0. The zero-order valence-corrected chi connectivity index (χ0v) is 30.7. The Morgan fingerprint density at radius 1 is 0.393 bits per heavy atom. The van der Waals surface area contributed by atoms with Crippen molar-refractivity contribution in [3.8, 4) is 33.4 Å². The molecule has 1 nitrogen and oxygen atoms in total. The highest BCUT2D eigenvalue weighted by atomic mass is 16.3. The van der Waals surface area contributed by atoms with Crippen molar-refractivity contribution in [2.24, 2.45) is 0 Å². The van der Waals surface area contributed by atoms with Gasteiger partial charge in [0.25, 0.3) is 0 Å². The van der Waals surface area contributed by atoms with Crippen molar-refractivity contribution >= 4 is 32.7 Å². The van der Waals surface area contributed by atoms with Gasteiger partial charge in [-0.25, -0.2) is 0 Å². The van der Waals surface area contributed by atoms with Gasteiger partial charge in [0.2, 0.25) is 0 Å². The zero-order chi connectivity index (χ0) is 36.8. The summed E-state index contributed by atoms with van der Waals surface area (Å²) in [4.78, 5) is 0. The summed E-state index contributed by atoms with van der Waals surface area (Å²) in [6.07, 6.45) is 0.889. The number of fused-ring (bicyclic) bond motifs is 15. The van der Waals surface area contributed by atoms with Gasteiger partial charge in [-0.3, -0.25) is 0 Å². The van der Waals surface area contributed by atoms with E-state index in [1.54, 1.807) is 0 Å². The van der Waals surface area contributed by atoms with Gasteiger partial charge in [0, 0.05) is 16.7 Å². The second-order valence-electron chi connectivity index (χ2n) is 15.5. The van der Waals surface area contributed by atoms with E-state index in [9.17, 15) is 0 Å². The van der Waals surface area contributed by atoms with Crippen molar-refractivity contribution < 1.29 is 4.42 Å². The maximum atomic E-state index is 6.13.